The van der Waals surface area contributed by atoms with Gasteiger partial charge in [0.15, 0.2) is 0 Å². The number of carboxylic acids is 1. The van der Waals surface area contributed by atoms with Gasteiger partial charge in [0.05, 0.1) is 19.1 Å². The van der Waals surface area contributed by atoms with Crippen LogP contribution in [0, 0.1) is 0 Å². The van der Waals surface area contributed by atoms with Crippen LogP contribution in [0.4, 0.5) is 4.79 Å². The van der Waals surface area contributed by atoms with Crippen molar-refractivity contribution in [2.24, 2.45) is 0 Å². The van der Waals surface area contributed by atoms with Crippen LogP contribution < -0.4 is 5.32 Å². The van der Waals surface area contributed by atoms with E-state index in [2.05, 4.69) is 29.6 Å². The number of benzene rings is 2. The molecule has 1 atom stereocenters. The van der Waals surface area contributed by atoms with E-state index in [0.29, 0.717) is 32.4 Å². The third-order valence-corrected chi connectivity index (χ3v) is 6.77. The number of aliphatic carboxylic acids is 1. The molecule has 4 rings (SSSR count). The highest BCUT2D eigenvalue weighted by Crippen LogP contribution is 2.44. The van der Waals surface area contributed by atoms with Gasteiger partial charge in [0, 0.05) is 19.0 Å². The maximum Gasteiger partial charge on any atom is 0.407 e. The van der Waals surface area contributed by atoms with Gasteiger partial charge in [0.2, 0.25) is 5.91 Å². The Kier molecular flexibility index (Phi) is 8.02. The van der Waals surface area contributed by atoms with Crippen LogP contribution in [0.5, 0.6) is 0 Å². The second-order valence-electron chi connectivity index (χ2n) is 8.97. The maximum absolute atomic E-state index is 13.0. The molecule has 2 aliphatic rings. The first-order valence-electron chi connectivity index (χ1n) is 12.2. The van der Waals surface area contributed by atoms with Crippen LogP contribution in [-0.4, -0.2) is 66.4 Å². The van der Waals surface area contributed by atoms with Crippen LogP contribution in [0.1, 0.15) is 49.7 Å². The van der Waals surface area contributed by atoms with Crippen LogP contribution in [0.25, 0.3) is 11.1 Å². The van der Waals surface area contributed by atoms with Crippen molar-refractivity contribution in [2.45, 2.75) is 50.7 Å². The Morgan fingerprint density at radius 2 is 1.63 bits per heavy atom. The third-order valence-electron chi connectivity index (χ3n) is 6.77. The van der Waals surface area contributed by atoms with Crippen LogP contribution in [0.15, 0.2) is 48.5 Å². The molecule has 1 fully saturated rings. The molecule has 0 radical (unpaired) electrons. The number of alkyl carbamates (subject to hydrolysis) is 1. The van der Waals surface area contributed by atoms with Crippen LogP contribution in [0.2, 0.25) is 0 Å². The third kappa shape index (κ3) is 5.82. The zero-order chi connectivity index (χ0) is 24.8. The number of amides is 2. The molecule has 1 saturated heterocycles. The minimum Gasteiger partial charge on any atom is -0.481 e. The number of carboxylic acid groups (broad SMARTS) is 1. The molecule has 2 aromatic rings. The zero-order valence-corrected chi connectivity index (χ0v) is 19.9. The number of nitrogens with zero attached hydrogens (tertiary/aromatic N) is 1. The molecule has 0 unspecified atom stereocenters. The molecule has 0 bridgehead atoms. The minimum absolute atomic E-state index is 0.0267. The smallest absolute Gasteiger partial charge is 0.407 e. The molecule has 1 aliphatic carbocycles. The molecule has 2 N–H and O–H groups in total. The van der Waals surface area contributed by atoms with Gasteiger partial charge in [-0.05, 0) is 41.5 Å². The van der Waals surface area contributed by atoms with Gasteiger partial charge in [0.25, 0.3) is 0 Å². The molecule has 1 aliphatic heterocycles. The lowest BCUT2D eigenvalue weighted by molar-refractivity contribution is -0.139. The lowest BCUT2D eigenvalue weighted by Crippen LogP contribution is -2.51. The van der Waals surface area contributed by atoms with E-state index in [-0.39, 0.29) is 37.6 Å². The number of hydrogen-bond acceptors (Lipinski definition) is 5. The Morgan fingerprint density at radius 3 is 2.20 bits per heavy atom. The molecule has 8 nitrogen and oxygen atoms in total. The van der Waals surface area contributed by atoms with Crippen molar-refractivity contribution >= 4 is 18.0 Å². The van der Waals surface area contributed by atoms with Crippen molar-refractivity contribution < 1.29 is 29.0 Å². The summed E-state index contributed by atoms with van der Waals surface area (Å²) in [5.74, 6) is -1.06. The molecule has 8 heteroatoms. The predicted molar refractivity (Wildman–Crippen MR) is 130 cm³/mol. The minimum atomic E-state index is -0.886. The fourth-order valence-electron chi connectivity index (χ4n) is 4.90. The SMILES string of the molecule is CC[C@H](NC(=O)OCC1c2ccccc2-c2ccccc21)C(=O)N1CCC(OCCC(=O)O)CC1. The molecular weight excluding hydrogens is 448 g/mol. The summed E-state index contributed by atoms with van der Waals surface area (Å²) in [6.07, 6.45) is 1.08. The number of rotatable bonds is 9. The standard InChI is InChI=1S/C27H32N2O6/c1-2-24(26(32)29-14-11-18(12-15-29)34-16-13-25(30)31)28-27(33)35-17-23-21-9-5-3-7-19(21)20-8-4-6-10-22(20)23/h3-10,18,23-24H,2,11-17H2,1H3,(H,28,33)(H,30,31)/t24-/m0/s1. The quantitative estimate of drug-likeness (QED) is 0.566. The summed E-state index contributed by atoms with van der Waals surface area (Å²) in [7, 11) is 0. The summed E-state index contributed by atoms with van der Waals surface area (Å²) in [6, 6.07) is 15.6. The van der Waals surface area contributed by atoms with E-state index in [1.165, 1.54) is 0 Å². The number of carbonyl (C=O) groups excluding carboxylic acids is 2. The number of carbonyl (C=O) groups is 3. The van der Waals surface area contributed by atoms with Gasteiger partial charge in [-0.3, -0.25) is 9.59 Å². The van der Waals surface area contributed by atoms with Gasteiger partial charge in [0.1, 0.15) is 12.6 Å². The maximum atomic E-state index is 13.0. The second-order valence-corrected chi connectivity index (χ2v) is 8.97. The first kappa shape index (κ1) is 24.7. The van der Waals surface area contributed by atoms with E-state index in [0.717, 1.165) is 22.3 Å². The average molecular weight is 481 g/mol. The van der Waals surface area contributed by atoms with E-state index >= 15 is 0 Å². The molecule has 35 heavy (non-hydrogen) atoms. The van der Waals surface area contributed by atoms with Gasteiger partial charge in [-0.15, -0.1) is 0 Å². The molecule has 2 aromatic carbocycles. The van der Waals surface area contributed by atoms with Crippen LogP contribution in [-0.2, 0) is 19.1 Å². The van der Waals surface area contributed by atoms with Crippen molar-refractivity contribution in [3.05, 3.63) is 59.7 Å². The Hall–Kier alpha value is -3.39. The van der Waals surface area contributed by atoms with Crippen molar-refractivity contribution in [3.8, 4) is 11.1 Å². The molecule has 2 amide bonds. The molecule has 0 saturated carbocycles. The highest BCUT2D eigenvalue weighted by atomic mass is 16.5. The Balaban J connectivity index is 1.28. The first-order valence-corrected chi connectivity index (χ1v) is 12.2. The largest absolute Gasteiger partial charge is 0.481 e. The summed E-state index contributed by atoms with van der Waals surface area (Å²) >= 11 is 0. The highest BCUT2D eigenvalue weighted by Gasteiger charge is 2.31. The molecular formula is C27H32N2O6. The second kappa shape index (κ2) is 11.4. The average Bonchev–Trinajstić information content (AvgIpc) is 3.19. The van der Waals surface area contributed by atoms with Gasteiger partial charge in [-0.25, -0.2) is 4.79 Å². The lowest BCUT2D eigenvalue weighted by Gasteiger charge is -2.34. The predicted octanol–water partition coefficient (Wildman–Crippen LogP) is 3.79. The number of piperidine rings is 1. The number of ether oxygens (including phenoxy) is 2. The number of hydrogen-bond donors (Lipinski definition) is 2. The van der Waals surface area contributed by atoms with Gasteiger partial charge in [-0.1, -0.05) is 55.5 Å². The Bertz CT molecular complexity index is 1020. The summed E-state index contributed by atoms with van der Waals surface area (Å²) in [5, 5.41) is 11.5. The number of fused-ring (bicyclic) bond motifs is 3. The van der Waals surface area contributed by atoms with Crippen molar-refractivity contribution in [1.29, 1.82) is 0 Å². The number of nitrogens with one attached hydrogen (secondary N) is 1. The van der Waals surface area contributed by atoms with Crippen LogP contribution >= 0.6 is 0 Å². The highest BCUT2D eigenvalue weighted by molar-refractivity contribution is 5.86. The Labute approximate surface area is 205 Å². The fourth-order valence-corrected chi connectivity index (χ4v) is 4.90. The van der Waals surface area contributed by atoms with Gasteiger partial charge in [-0.2, -0.15) is 0 Å². The van der Waals surface area contributed by atoms with E-state index in [1.54, 1.807) is 4.90 Å². The first-order chi connectivity index (χ1) is 17.0. The summed E-state index contributed by atoms with van der Waals surface area (Å²) < 4.78 is 11.2. The zero-order valence-electron chi connectivity index (χ0n) is 19.9. The van der Waals surface area contributed by atoms with Gasteiger partial charge >= 0.3 is 12.1 Å². The lowest BCUT2D eigenvalue weighted by atomic mass is 9.98. The van der Waals surface area contributed by atoms with Crippen molar-refractivity contribution in [2.75, 3.05) is 26.3 Å². The van der Waals surface area contributed by atoms with E-state index < -0.39 is 18.1 Å². The summed E-state index contributed by atoms with van der Waals surface area (Å²) in [4.78, 5) is 38.0. The topological polar surface area (TPSA) is 105 Å². The van der Waals surface area contributed by atoms with Crippen molar-refractivity contribution in [3.63, 3.8) is 0 Å². The molecule has 0 aromatic heterocycles. The van der Waals surface area contributed by atoms with E-state index in [4.69, 9.17) is 14.6 Å². The van der Waals surface area contributed by atoms with E-state index in [1.807, 2.05) is 31.2 Å². The number of likely N-dealkylation sites (tertiary alicyclic amines) is 1. The Morgan fingerprint density at radius 1 is 1.03 bits per heavy atom. The normalized spacial score (nSPS) is 16.3. The van der Waals surface area contributed by atoms with E-state index in [9.17, 15) is 14.4 Å². The fraction of sp³-hybridized carbons (Fsp3) is 0.444. The molecule has 186 valence electrons. The monoisotopic (exact) mass is 480 g/mol. The van der Waals surface area contributed by atoms with Crippen molar-refractivity contribution in [1.82, 2.24) is 10.2 Å². The molecule has 0 spiro atoms. The summed E-state index contributed by atoms with van der Waals surface area (Å²) in [5.41, 5.74) is 4.60. The van der Waals surface area contributed by atoms with Crippen LogP contribution in [0.3, 0.4) is 0 Å². The molecule has 1 heterocycles. The summed E-state index contributed by atoms with van der Waals surface area (Å²) in [6.45, 7) is 3.26. The van der Waals surface area contributed by atoms with Gasteiger partial charge < -0.3 is 24.8 Å².